The number of aromatic hydroxyl groups is 1. The van der Waals surface area contributed by atoms with Crippen molar-refractivity contribution in [1.82, 2.24) is 0 Å². The van der Waals surface area contributed by atoms with Crippen molar-refractivity contribution in [3.05, 3.63) is 40.5 Å². The smallest absolute Gasteiger partial charge is 0.341 e. The van der Waals surface area contributed by atoms with Crippen LogP contribution in [0.5, 0.6) is 5.75 Å². The third-order valence-electron chi connectivity index (χ3n) is 3.53. The Morgan fingerprint density at radius 3 is 2.80 bits per heavy atom. The van der Waals surface area contributed by atoms with Crippen LogP contribution in [0.3, 0.4) is 0 Å². The van der Waals surface area contributed by atoms with Crippen LogP contribution in [0, 0.1) is 6.92 Å². The normalized spacial score (nSPS) is 17.7. The number of hydrogen-bond donors (Lipinski definition) is 2. The molecular formula is C15H12O5. The minimum Gasteiger partial charge on any atom is -0.507 e. The summed E-state index contributed by atoms with van der Waals surface area (Å²) >= 11 is 0. The summed E-state index contributed by atoms with van der Waals surface area (Å²) in [5.74, 6) is -0.852. The van der Waals surface area contributed by atoms with E-state index in [1.165, 1.54) is 0 Å². The summed E-state index contributed by atoms with van der Waals surface area (Å²) in [5.41, 5.74) is 1.51. The van der Waals surface area contributed by atoms with Crippen molar-refractivity contribution in [3.8, 4) is 5.75 Å². The fourth-order valence-corrected chi connectivity index (χ4v) is 2.63. The predicted octanol–water partition coefficient (Wildman–Crippen LogP) is 1.70. The highest BCUT2D eigenvalue weighted by Crippen LogP contribution is 2.38. The standard InChI is InChI=1S/C15H12O5/c1-7-2-3-8-10(4-7)14(18)11(6-16)9-5-12(17)20-15(19)13(8)9/h2-4,6,12,17-18H,5H2,1H3. The number of aliphatic hydroxyl groups is 1. The summed E-state index contributed by atoms with van der Waals surface area (Å²) < 4.78 is 4.81. The van der Waals surface area contributed by atoms with E-state index in [1.807, 2.05) is 6.92 Å². The molecule has 20 heavy (non-hydrogen) atoms. The number of cyclic esters (lactones) is 1. The van der Waals surface area contributed by atoms with E-state index < -0.39 is 12.3 Å². The van der Waals surface area contributed by atoms with E-state index in [1.54, 1.807) is 18.2 Å². The summed E-state index contributed by atoms with van der Waals surface area (Å²) in [6, 6.07) is 5.22. The summed E-state index contributed by atoms with van der Waals surface area (Å²) in [6.07, 6.45) is -0.802. The molecule has 0 bridgehead atoms. The van der Waals surface area contributed by atoms with Gasteiger partial charge in [-0.15, -0.1) is 0 Å². The van der Waals surface area contributed by atoms with Gasteiger partial charge < -0.3 is 14.9 Å². The van der Waals surface area contributed by atoms with E-state index >= 15 is 0 Å². The predicted molar refractivity (Wildman–Crippen MR) is 70.9 cm³/mol. The molecular weight excluding hydrogens is 260 g/mol. The molecule has 1 aliphatic rings. The zero-order valence-electron chi connectivity index (χ0n) is 10.7. The molecule has 0 saturated heterocycles. The molecule has 0 radical (unpaired) electrons. The Bertz CT molecular complexity index is 748. The first-order chi connectivity index (χ1) is 9.52. The first kappa shape index (κ1) is 12.6. The first-order valence-electron chi connectivity index (χ1n) is 6.15. The maximum Gasteiger partial charge on any atom is 0.341 e. The number of carbonyl (C=O) groups is 2. The number of carbonyl (C=O) groups excluding carboxylic acids is 2. The molecule has 5 heteroatoms. The van der Waals surface area contributed by atoms with Gasteiger partial charge in [-0.25, -0.2) is 4.79 Å². The Morgan fingerprint density at radius 2 is 2.10 bits per heavy atom. The lowest BCUT2D eigenvalue weighted by atomic mass is 9.89. The number of aldehydes is 1. The molecule has 1 heterocycles. The summed E-state index contributed by atoms with van der Waals surface area (Å²) in [7, 11) is 0. The van der Waals surface area contributed by atoms with E-state index in [9.17, 15) is 19.8 Å². The Labute approximate surface area is 114 Å². The van der Waals surface area contributed by atoms with Crippen LogP contribution in [-0.2, 0) is 11.2 Å². The minimum absolute atomic E-state index is 0.00742. The first-order valence-corrected chi connectivity index (χ1v) is 6.15. The van der Waals surface area contributed by atoms with Crippen LogP contribution in [-0.4, -0.2) is 28.8 Å². The van der Waals surface area contributed by atoms with Crippen molar-refractivity contribution in [3.63, 3.8) is 0 Å². The lowest BCUT2D eigenvalue weighted by Gasteiger charge is -2.24. The molecule has 2 N–H and O–H groups in total. The lowest BCUT2D eigenvalue weighted by Crippen LogP contribution is -2.28. The van der Waals surface area contributed by atoms with Crippen LogP contribution in [0.1, 0.15) is 31.8 Å². The number of fused-ring (bicyclic) bond motifs is 3. The molecule has 2 aromatic rings. The van der Waals surface area contributed by atoms with Crippen molar-refractivity contribution in [2.24, 2.45) is 0 Å². The second kappa shape index (κ2) is 4.31. The van der Waals surface area contributed by atoms with Gasteiger partial charge in [0.25, 0.3) is 0 Å². The van der Waals surface area contributed by atoms with Gasteiger partial charge in [-0.1, -0.05) is 17.7 Å². The highest BCUT2D eigenvalue weighted by molar-refractivity contribution is 6.12. The van der Waals surface area contributed by atoms with Crippen LogP contribution in [0.2, 0.25) is 0 Å². The maximum absolute atomic E-state index is 12.0. The second-order valence-electron chi connectivity index (χ2n) is 4.85. The fraction of sp³-hybridized carbons (Fsp3) is 0.200. The number of aliphatic hydroxyl groups excluding tert-OH is 1. The minimum atomic E-state index is -1.30. The van der Waals surface area contributed by atoms with E-state index in [4.69, 9.17) is 4.74 Å². The molecule has 3 rings (SSSR count). The quantitative estimate of drug-likeness (QED) is 0.609. The number of ether oxygens (including phenoxy) is 1. The van der Waals surface area contributed by atoms with Gasteiger partial charge in [0.2, 0.25) is 6.29 Å². The van der Waals surface area contributed by atoms with Gasteiger partial charge in [0, 0.05) is 17.2 Å². The van der Waals surface area contributed by atoms with Gasteiger partial charge in [-0.2, -0.15) is 0 Å². The van der Waals surface area contributed by atoms with Gasteiger partial charge in [-0.05, 0) is 18.6 Å². The molecule has 2 aromatic carbocycles. The van der Waals surface area contributed by atoms with Gasteiger partial charge in [0.05, 0.1) is 11.1 Å². The maximum atomic E-state index is 12.0. The van der Waals surface area contributed by atoms with E-state index in [0.29, 0.717) is 22.6 Å². The highest BCUT2D eigenvalue weighted by atomic mass is 16.6. The van der Waals surface area contributed by atoms with Gasteiger partial charge in [0.1, 0.15) is 5.75 Å². The van der Waals surface area contributed by atoms with Crippen molar-refractivity contribution < 1.29 is 24.5 Å². The average Bonchev–Trinajstić information content (AvgIpc) is 2.39. The molecule has 1 aliphatic heterocycles. The third-order valence-corrected chi connectivity index (χ3v) is 3.53. The molecule has 0 aromatic heterocycles. The van der Waals surface area contributed by atoms with Crippen molar-refractivity contribution in [2.75, 3.05) is 0 Å². The number of rotatable bonds is 1. The van der Waals surface area contributed by atoms with Gasteiger partial charge in [-0.3, -0.25) is 4.79 Å². The molecule has 5 nitrogen and oxygen atoms in total. The van der Waals surface area contributed by atoms with Crippen molar-refractivity contribution in [2.45, 2.75) is 19.6 Å². The largest absolute Gasteiger partial charge is 0.507 e. The molecule has 102 valence electrons. The number of phenolic OH excluding ortho intramolecular Hbond substituents is 1. The Hall–Kier alpha value is -2.40. The van der Waals surface area contributed by atoms with Gasteiger partial charge >= 0.3 is 5.97 Å². The second-order valence-corrected chi connectivity index (χ2v) is 4.85. The van der Waals surface area contributed by atoms with E-state index in [-0.39, 0.29) is 23.3 Å². The fourth-order valence-electron chi connectivity index (χ4n) is 2.63. The topological polar surface area (TPSA) is 83.8 Å². The third kappa shape index (κ3) is 1.67. The molecule has 0 amide bonds. The Kier molecular flexibility index (Phi) is 2.72. The Morgan fingerprint density at radius 1 is 1.35 bits per heavy atom. The zero-order chi connectivity index (χ0) is 14.4. The van der Waals surface area contributed by atoms with Crippen LogP contribution in [0.4, 0.5) is 0 Å². The molecule has 0 saturated carbocycles. The number of esters is 1. The monoisotopic (exact) mass is 272 g/mol. The van der Waals surface area contributed by atoms with Crippen LogP contribution in [0.15, 0.2) is 18.2 Å². The summed E-state index contributed by atoms with van der Waals surface area (Å²) in [5, 5.41) is 20.7. The molecule has 1 atom stereocenters. The number of phenols is 1. The van der Waals surface area contributed by atoms with Crippen LogP contribution >= 0.6 is 0 Å². The number of hydrogen-bond acceptors (Lipinski definition) is 5. The molecule has 0 spiro atoms. The lowest BCUT2D eigenvalue weighted by molar-refractivity contribution is -0.0685. The highest BCUT2D eigenvalue weighted by Gasteiger charge is 2.31. The molecule has 0 fully saturated rings. The molecule has 0 aliphatic carbocycles. The molecule has 1 unspecified atom stereocenters. The summed E-state index contributed by atoms with van der Waals surface area (Å²) in [4.78, 5) is 23.2. The van der Waals surface area contributed by atoms with E-state index in [2.05, 4.69) is 0 Å². The van der Waals surface area contributed by atoms with Crippen molar-refractivity contribution >= 4 is 23.0 Å². The van der Waals surface area contributed by atoms with Crippen LogP contribution < -0.4 is 0 Å². The van der Waals surface area contributed by atoms with Crippen LogP contribution in [0.25, 0.3) is 10.8 Å². The Balaban J connectivity index is 2.49. The van der Waals surface area contributed by atoms with E-state index in [0.717, 1.165) is 5.56 Å². The number of aryl methyl sites for hydroxylation is 1. The SMILES string of the molecule is Cc1ccc2c3c(c(C=O)c(O)c2c1)CC(O)OC3=O. The average molecular weight is 272 g/mol. The number of benzene rings is 2. The van der Waals surface area contributed by atoms with Gasteiger partial charge in [0.15, 0.2) is 6.29 Å². The zero-order valence-corrected chi connectivity index (χ0v) is 10.7. The summed E-state index contributed by atoms with van der Waals surface area (Å²) in [6.45, 7) is 1.85. The van der Waals surface area contributed by atoms with Crippen molar-refractivity contribution in [1.29, 1.82) is 0 Å².